The monoisotopic (exact) mass is 213 g/mol. The molecule has 0 saturated carbocycles. The molecule has 3 nitrogen and oxygen atoms in total. The Hall–Kier alpha value is -0.870. The van der Waals surface area contributed by atoms with Crippen LogP contribution in [-0.2, 0) is 0 Å². The first-order chi connectivity index (χ1) is 6.54. The highest BCUT2D eigenvalue weighted by Crippen LogP contribution is 2.20. The van der Waals surface area contributed by atoms with Crippen LogP contribution < -0.4 is 5.32 Å². The maximum Gasteiger partial charge on any atom is 0.261 e. The van der Waals surface area contributed by atoms with Crippen molar-refractivity contribution in [3.05, 3.63) is 21.4 Å². The minimum atomic E-state index is -0.190. The number of aliphatic hydroxyl groups excluding tert-OH is 1. The van der Waals surface area contributed by atoms with Crippen LogP contribution in [0.1, 0.15) is 27.0 Å². The first-order valence-electron chi connectivity index (χ1n) is 4.53. The van der Waals surface area contributed by atoms with Crippen LogP contribution in [0.15, 0.2) is 6.07 Å². The highest BCUT2D eigenvalue weighted by atomic mass is 32.1. The van der Waals surface area contributed by atoms with Crippen molar-refractivity contribution in [1.82, 2.24) is 5.32 Å². The fourth-order valence-electron chi connectivity index (χ4n) is 1.03. The molecular weight excluding hydrogens is 198 g/mol. The lowest BCUT2D eigenvalue weighted by atomic mass is 10.2. The molecule has 0 unspecified atom stereocenters. The molecule has 0 fully saturated rings. The molecule has 1 aromatic rings. The Kier molecular flexibility index (Phi) is 3.66. The summed E-state index contributed by atoms with van der Waals surface area (Å²) in [5.74, 6) is -0.104. The van der Waals surface area contributed by atoms with Crippen molar-refractivity contribution in [2.75, 3.05) is 6.61 Å². The Labute approximate surface area is 87.8 Å². The van der Waals surface area contributed by atoms with Crippen molar-refractivity contribution in [1.29, 1.82) is 0 Å². The molecule has 1 rings (SSSR count). The molecule has 0 aliphatic rings. The second-order valence-corrected chi connectivity index (χ2v) is 4.66. The number of aliphatic hydroxyl groups is 1. The summed E-state index contributed by atoms with van der Waals surface area (Å²) in [7, 11) is 0. The quantitative estimate of drug-likeness (QED) is 0.799. The third-order valence-electron chi connectivity index (χ3n) is 2.04. The van der Waals surface area contributed by atoms with Gasteiger partial charge >= 0.3 is 0 Å². The summed E-state index contributed by atoms with van der Waals surface area (Å²) in [6, 6.07) is 1.68. The van der Waals surface area contributed by atoms with E-state index in [0.29, 0.717) is 4.88 Å². The van der Waals surface area contributed by atoms with Gasteiger partial charge in [-0.05, 0) is 32.4 Å². The molecule has 1 aromatic heterocycles. The largest absolute Gasteiger partial charge is 0.394 e. The van der Waals surface area contributed by atoms with Gasteiger partial charge in [0.15, 0.2) is 0 Å². The summed E-state index contributed by atoms with van der Waals surface area (Å²) in [5.41, 5.74) is 1.14. The van der Waals surface area contributed by atoms with Gasteiger partial charge in [0.05, 0.1) is 11.5 Å². The fourth-order valence-corrected chi connectivity index (χ4v) is 1.96. The number of rotatable bonds is 3. The van der Waals surface area contributed by atoms with Crippen molar-refractivity contribution in [3.8, 4) is 0 Å². The van der Waals surface area contributed by atoms with E-state index < -0.39 is 0 Å². The van der Waals surface area contributed by atoms with E-state index in [1.165, 1.54) is 11.3 Å². The molecule has 0 aliphatic carbocycles. The number of hydrogen-bond acceptors (Lipinski definition) is 3. The molecule has 0 saturated heterocycles. The Balaban J connectivity index is 2.70. The van der Waals surface area contributed by atoms with Crippen LogP contribution in [0.25, 0.3) is 0 Å². The van der Waals surface area contributed by atoms with Gasteiger partial charge in [0, 0.05) is 10.9 Å². The molecule has 0 bridgehead atoms. The molecule has 0 radical (unpaired) electrons. The standard InChI is InChI=1S/C10H15NO2S/c1-6-4-9(14-8(6)3)10(13)11-7(2)5-12/h4,7,12H,5H2,1-3H3,(H,11,13)/t7-/m0/s1. The topological polar surface area (TPSA) is 49.3 Å². The molecule has 4 heteroatoms. The van der Waals surface area contributed by atoms with E-state index in [2.05, 4.69) is 5.32 Å². The molecule has 0 aliphatic heterocycles. The fraction of sp³-hybridized carbons (Fsp3) is 0.500. The van der Waals surface area contributed by atoms with E-state index in [1.54, 1.807) is 6.92 Å². The average molecular weight is 213 g/mol. The summed E-state index contributed by atoms with van der Waals surface area (Å²) in [4.78, 5) is 13.4. The number of carbonyl (C=O) groups excluding carboxylic acids is 1. The Morgan fingerprint density at radius 2 is 2.29 bits per heavy atom. The molecule has 0 spiro atoms. The van der Waals surface area contributed by atoms with Gasteiger partial charge in [-0.1, -0.05) is 0 Å². The lowest BCUT2D eigenvalue weighted by Gasteiger charge is -2.08. The molecule has 78 valence electrons. The van der Waals surface area contributed by atoms with Crippen LogP contribution >= 0.6 is 11.3 Å². The van der Waals surface area contributed by atoms with Crippen molar-refractivity contribution >= 4 is 17.2 Å². The van der Waals surface area contributed by atoms with Gasteiger partial charge in [0.25, 0.3) is 5.91 Å². The number of nitrogens with one attached hydrogen (secondary N) is 1. The third kappa shape index (κ3) is 2.56. The second-order valence-electron chi connectivity index (χ2n) is 3.41. The van der Waals surface area contributed by atoms with Crippen LogP contribution in [0.5, 0.6) is 0 Å². The first-order valence-corrected chi connectivity index (χ1v) is 5.35. The summed E-state index contributed by atoms with van der Waals surface area (Å²) >= 11 is 1.48. The minimum Gasteiger partial charge on any atom is -0.394 e. The third-order valence-corrected chi connectivity index (χ3v) is 3.19. The van der Waals surface area contributed by atoms with E-state index >= 15 is 0 Å². The zero-order valence-corrected chi connectivity index (χ0v) is 9.44. The normalized spacial score (nSPS) is 12.6. The number of thiophene rings is 1. The summed E-state index contributed by atoms with van der Waals surface area (Å²) in [6.07, 6.45) is 0. The average Bonchev–Trinajstić information content (AvgIpc) is 2.47. The number of carbonyl (C=O) groups is 1. The van der Waals surface area contributed by atoms with Crippen LogP contribution in [0.3, 0.4) is 0 Å². The van der Waals surface area contributed by atoms with Gasteiger partial charge in [-0.15, -0.1) is 11.3 Å². The lowest BCUT2D eigenvalue weighted by Crippen LogP contribution is -2.34. The van der Waals surface area contributed by atoms with Gasteiger partial charge in [-0.25, -0.2) is 0 Å². The molecule has 14 heavy (non-hydrogen) atoms. The van der Waals surface area contributed by atoms with Gasteiger partial charge in [-0.3, -0.25) is 4.79 Å². The zero-order chi connectivity index (χ0) is 10.7. The Bertz CT molecular complexity index is 313. The Morgan fingerprint density at radius 1 is 1.64 bits per heavy atom. The molecule has 1 atom stereocenters. The molecule has 2 N–H and O–H groups in total. The highest BCUT2D eigenvalue weighted by Gasteiger charge is 2.12. The molecule has 1 heterocycles. The van der Waals surface area contributed by atoms with Crippen LogP contribution in [-0.4, -0.2) is 23.7 Å². The summed E-state index contributed by atoms with van der Waals surface area (Å²) < 4.78 is 0. The highest BCUT2D eigenvalue weighted by molar-refractivity contribution is 7.14. The van der Waals surface area contributed by atoms with Gasteiger partial charge in [-0.2, -0.15) is 0 Å². The number of aryl methyl sites for hydroxylation is 2. The Morgan fingerprint density at radius 3 is 2.71 bits per heavy atom. The van der Waals surface area contributed by atoms with Gasteiger partial charge in [0.2, 0.25) is 0 Å². The summed E-state index contributed by atoms with van der Waals surface area (Å²) in [5, 5.41) is 11.5. The van der Waals surface area contributed by atoms with Crippen molar-refractivity contribution < 1.29 is 9.90 Å². The van der Waals surface area contributed by atoms with E-state index in [9.17, 15) is 4.79 Å². The number of hydrogen-bond donors (Lipinski definition) is 2. The maximum absolute atomic E-state index is 11.6. The van der Waals surface area contributed by atoms with E-state index in [-0.39, 0.29) is 18.6 Å². The second kappa shape index (κ2) is 4.57. The van der Waals surface area contributed by atoms with Crippen molar-refractivity contribution in [2.45, 2.75) is 26.8 Å². The van der Waals surface area contributed by atoms with Gasteiger partial charge < -0.3 is 10.4 Å². The zero-order valence-electron chi connectivity index (χ0n) is 8.63. The predicted molar refractivity (Wildman–Crippen MR) is 57.8 cm³/mol. The van der Waals surface area contributed by atoms with E-state index in [1.807, 2.05) is 19.9 Å². The summed E-state index contributed by atoms with van der Waals surface area (Å²) in [6.45, 7) is 5.71. The van der Waals surface area contributed by atoms with E-state index in [0.717, 1.165) is 10.4 Å². The number of amides is 1. The molecule has 1 amide bonds. The molecular formula is C10H15NO2S. The first kappa shape index (κ1) is 11.2. The van der Waals surface area contributed by atoms with Crippen LogP contribution in [0, 0.1) is 13.8 Å². The minimum absolute atomic E-state index is 0.0327. The SMILES string of the molecule is Cc1cc(C(=O)N[C@@H](C)CO)sc1C. The molecule has 0 aromatic carbocycles. The van der Waals surface area contributed by atoms with E-state index in [4.69, 9.17) is 5.11 Å². The maximum atomic E-state index is 11.6. The van der Waals surface area contributed by atoms with Gasteiger partial charge in [0.1, 0.15) is 0 Å². The van der Waals surface area contributed by atoms with Crippen molar-refractivity contribution in [2.24, 2.45) is 0 Å². The van der Waals surface area contributed by atoms with Crippen molar-refractivity contribution in [3.63, 3.8) is 0 Å². The predicted octanol–water partition coefficient (Wildman–Crippen LogP) is 1.48. The van der Waals surface area contributed by atoms with Crippen LogP contribution in [0.4, 0.5) is 0 Å². The van der Waals surface area contributed by atoms with Crippen LogP contribution in [0.2, 0.25) is 0 Å². The smallest absolute Gasteiger partial charge is 0.261 e. The lowest BCUT2D eigenvalue weighted by molar-refractivity contribution is 0.0926.